The van der Waals surface area contributed by atoms with Crippen molar-refractivity contribution in [2.45, 2.75) is 38.6 Å². The van der Waals surface area contributed by atoms with Crippen molar-refractivity contribution in [3.63, 3.8) is 0 Å². The molecule has 2 rings (SSSR count). The molecule has 1 saturated carbocycles. The Balaban J connectivity index is 1.96. The molecule has 0 radical (unpaired) electrons. The van der Waals surface area contributed by atoms with Crippen LogP contribution in [0.4, 0.5) is 0 Å². The normalized spacial score (nSPS) is 18.3. The minimum Gasteiger partial charge on any atom is -0.351 e. The molecule has 0 bridgehead atoms. The quantitative estimate of drug-likeness (QED) is 0.894. The van der Waals surface area contributed by atoms with Gasteiger partial charge in [0.15, 0.2) is 0 Å². The molecule has 90 valence electrons. The Morgan fingerprint density at radius 1 is 1.47 bits per heavy atom. The molecule has 1 aromatic heterocycles. The summed E-state index contributed by atoms with van der Waals surface area (Å²) in [5.41, 5.74) is 0.334. The van der Waals surface area contributed by atoms with Gasteiger partial charge in [-0.1, -0.05) is 19.3 Å². The first-order valence-electron chi connectivity index (χ1n) is 5.97. The fourth-order valence-electron chi connectivity index (χ4n) is 2.29. The van der Waals surface area contributed by atoms with Gasteiger partial charge in [0.25, 0.3) is 0 Å². The molecule has 4 heteroatoms. The topological polar surface area (TPSA) is 52.9 Å². The Morgan fingerprint density at radius 2 is 2.24 bits per heavy atom. The smallest absolute Gasteiger partial charge is 0.240 e. The molecule has 17 heavy (non-hydrogen) atoms. The van der Waals surface area contributed by atoms with Crippen molar-refractivity contribution < 1.29 is 4.79 Å². The van der Waals surface area contributed by atoms with Crippen molar-refractivity contribution in [1.29, 1.82) is 5.26 Å². The lowest BCUT2D eigenvalue weighted by Gasteiger charge is -2.29. The summed E-state index contributed by atoms with van der Waals surface area (Å²) >= 11 is 1.62. The van der Waals surface area contributed by atoms with Crippen molar-refractivity contribution in [2.75, 3.05) is 0 Å². The van der Waals surface area contributed by atoms with Crippen molar-refractivity contribution in [2.24, 2.45) is 5.41 Å². The van der Waals surface area contributed by atoms with Crippen molar-refractivity contribution in [1.82, 2.24) is 5.32 Å². The highest BCUT2D eigenvalue weighted by Crippen LogP contribution is 2.35. The van der Waals surface area contributed by atoms with Crippen LogP contribution in [0.3, 0.4) is 0 Å². The molecule has 1 aromatic rings. The number of carbonyl (C=O) groups is 1. The van der Waals surface area contributed by atoms with Gasteiger partial charge in [-0.05, 0) is 35.2 Å². The summed E-state index contributed by atoms with van der Waals surface area (Å²) < 4.78 is 0. The summed E-state index contributed by atoms with van der Waals surface area (Å²) in [6.45, 7) is 0.533. The zero-order valence-corrected chi connectivity index (χ0v) is 10.6. The lowest BCUT2D eigenvalue weighted by Crippen LogP contribution is -2.41. The van der Waals surface area contributed by atoms with E-state index in [1.54, 1.807) is 11.3 Å². The Labute approximate surface area is 105 Å². The second-order valence-electron chi connectivity index (χ2n) is 4.57. The van der Waals surface area contributed by atoms with Crippen LogP contribution in [-0.2, 0) is 11.3 Å². The average molecular weight is 248 g/mol. The number of nitrogens with zero attached hydrogens (tertiary/aromatic N) is 1. The predicted molar refractivity (Wildman–Crippen MR) is 67.3 cm³/mol. The van der Waals surface area contributed by atoms with Crippen LogP contribution in [0, 0.1) is 16.7 Å². The number of nitriles is 1. The van der Waals surface area contributed by atoms with Gasteiger partial charge in [-0.25, -0.2) is 0 Å². The Morgan fingerprint density at radius 3 is 2.82 bits per heavy atom. The first kappa shape index (κ1) is 12.1. The number of amides is 1. The van der Waals surface area contributed by atoms with Gasteiger partial charge in [-0.3, -0.25) is 4.79 Å². The van der Waals surface area contributed by atoms with Crippen LogP contribution in [0.5, 0.6) is 0 Å². The number of thiophene rings is 1. The summed E-state index contributed by atoms with van der Waals surface area (Å²) in [5.74, 6) is -0.0918. The van der Waals surface area contributed by atoms with E-state index in [0.717, 1.165) is 24.8 Å². The molecule has 1 aliphatic carbocycles. The maximum atomic E-state index is 12.1. The summed E-state index contributed by atoms with van der Waals surface area (Å²) in [6.07, 6.45) is 4.53. The van der Waals surface area contributed by atoms with Gasteiger partial charge >= 0.3 is 0 Å². The molecule has 1 amide bonds. The largest absolute Gasteiger partial charge is 0.351 e. The molecular formula is C13H16N2OS. The zero-order valence-electron chi connectivity index (χ0n) is 9.74. The highest BCUT2D eigenvalue weighted by molar-refractivity contribution is 7.07. The molecule has 0 unspecified atom stereocenters. The van der Waals surface area contributed by atoms with Gasteiger partial charge in [0.1, 0.15) is 5.41 Å². The maximum Gasteiger partial charge on any atom is 0.240 e. The second kappa shape index (κ2) is 5.33. The molecule has 1 heterocycles. The standard InChI is InChI=1S/C13H16N2OS/c14-10-13(5-2-1-3-6-13)12(16)15-8-11-4-7-17-9-11/h4,7,9H,1-3,5-6,8H2,(H,15,16). The molecule has 0 atom stereocenters. The van der Waals surface area contributed by atoms with E-state index in [2.05, 4.69) is 11.4 Å². The molecule has 0 aliphatic heterocycles. The fraction of sp³-hybridized carbons (Fsp3) is 0.538. The van der Waals surface area contributed by atoms with Crippen LogP contribution < -0.4 is 5.32 Å². The van der Waals surface area contributed by atoms with Gasteiger partial charge in [0, 0.05) is 6.54 Å². The Hall–Kier alpha value is -1.34. The third kappa shape index (κ3) is 2.67. The predicted octanol–water partition coefficient (Wildman–Crippen LogP) is 2.84. The van der Waals surface area contributed by atoms with Crippen LogP contribution in [0.2, 0.25) is 0 Å². The lowest BCUT2D eigenvalue weighted by atomic mass is 9.74. The lowest BCUT2D eigenvalue weighted by molar-refractivity contribution is -0.129. The van der Waals surface area contributed by atoms with Crippen molar-refractivity contribution in [3.05, 3.63) is 22.4 Å². The number of carbonyl (C=O) groups excluding carboxylic acids is 1. The van der Waals surface area contributed by atoms with Crippen molar-refractivity contribution >= 4 is 17.2 Å². The van der Waals surface area contributed by atoms with E-state index in [1.807, 2.05) is 16.8 Å². The summed E-state index contributed by atoms with van der Waals surface area (Å²) in [4.78, 5) is 12.1. The molecular weight excluding hydrogens is 232 g/mol. The minimum atomic E-state index is -0.770. The average Bonchev–Trinajstić information content (AvgIpc) is 2.90. The first-order chi connectivity index (χ1) is 8.27. The molecule has 0 aromatic carbocycles. The Bertz CT molecular complexity index is 413. The monoisotopic (exact) mass is 248 g/mol. The third-order valence-corrected chi connectivity index (χ3v) is 4.12. The minimum absolute atomic E-state index is 0.0918. The van der Waals surface area contributed by atoms with Gasteiger partial charge in [-0.15, -0.1) is 0 Å². The van der Waals surface area contributed by atoms with E-state index in [4.69, 9.17) is 0 Å². The second-order valence-corrected chi connectivity index (χ2v) is 5.35. The highest BCUT2D eigenvalue weighted by atomic mass is 32.1. The SMILES string of the molecule is N#CC1(C(=O)NCc2ccsc2)CCCCC1. The van der Waals surface area contributed by atoms with E-state index in [1.165, 1.54) is 0 Å². The van der Waals surface area contributed by atoms with Gasteiger partial charge in [0.05, 0.1) is 6.07 Å². The number of nitrogens with one attached hydrogen (secondary N) is 1. The summed E-state index contributed by atoms with van der Waals surface area (Å²) in [7, 11) is 0. The molecule has 1 N–H and O–H groups in total. The van der Waals surface area contributed by atoms with E-state index >= 15 is 0 Å². The maximum absolute atomic E-state index is 12.1. The van der Waals surface area contributed by atoms with Gasteiger partial charge in [0.2, 0.25) is 5.91 Å². The molecule has 0 spiro atoms. The van der Waals surface area contributed by atoms with E-state index in [9.17, 15) is 10.1 Å². The third-order valence-electron chi connectivity index (χ3n) is 3.39. The summed E-state index contributed by atoms with van der Waals surface area (Å²) in [6, 6.07) is 4.23. The fourth-order valence-corrected chi connectivity index (χ4v) is 2.96. The van der Waals surface area contributed by atoms with Crippen molar-refractivity contribution in [3.8, 4) is 6.07 Å². The highest BCUT2D eigenvalue weighted by Gasteiger charge is 2.39. The van der Waals surface area contributed by atoms with Gasteiger partial charge < -0.3 is 5.32 Å². The van der Waals surface area contributed by atoms with Crippen LogP contribution in [0.25, 0.3) is 0 Å². The molecule has 1 fully saturated rings. The van der Waals surface area contributed by atoms with Gasteiger partial charge in [-0.2, -0.15) is 16.6 Å². The number of hydrogen-bond donors (Lipinski definition) is 1. The van der Waals surface area contributed by atoms with Crippen LogP contribution >= 0.6 is 11.3 Å². The van der Waals surface area contributed by atoms with Crippen LogP contribution in [-0.4, -0.2) is 5.91 Å². The molecule has 1 aliphatic rings. The van der Waals surface area contributed by atoms with E-state index in [-0.39, 0.29) is 5.91 Å². The van der Waals surface area contributed by atoms with E-state index < -0.39 is 5.41 Å². The number of hydrogen-bond acceptors (Lipinski definition) is 3. The first-order valence-corrected chi connectivity index (χ1v) is 6.92. The van der Waals surface area contributed by atoms with E-state index in [0.29, 0.717) is 19.4 Å². The zero-order chi connectivity index (χ0) is 12.1. The van der Waals surface area contributed by atoms with Crippen LogP contribution in [0.1, 0.15) is 37.7 Å². The molecule has 0 saturated heterocycles. The Kier molecular flexibility index (Phi) is 3.80. The molecule has 3 nitrogen and oxygen atoms in total. The number of rotatable bonds is 3. The van der Waals surface area contributed by atoms with Crippen LogP contribution in [0.15, 0.2) is 16.8 Å². The summed E-state index contributed by atoms with van der Waals surface area (Å²) in [5, 5.41) is 16.2.